The standard InChI is InChI=1S/C30H33N3O3/c1-3-22-14-16-24(17-15-22)36-19-9-18-32-26-11-6-5-10-25(26)31-30(32)23-20-29(34)33(21-23)27-12-7-8-13-28(27)35-4-2/h5-8,10-17,23H,3-4,9,18-21H2,1-2H3/t23-/m0/s1. The number of rotatable bonds is 10. The fourth-order valence-corrected chi connectivity index (χ4v) is 4.95. The first kappa shape index (κ1) is 23.9. The number of ether oxygens (including phenoxy) is 2. The number of hydrogen-bond donors (Lipinski definition) is 0. The molecule has 4 aromatic rings. The van der Waals surface area contributed by atoms with Gasteiger partial charge in [0.1, 0.15) is 17.3 Å². The van der Waals surface area contributed by atoms with Crippen LogP contribution in [0.25, 0.3) is 11.0 Å². The van der Waals surface area contributed by atoms with Gasteiger partial charge in [0.15, 0.2) is 0 Å². The van der Waals surface area contributed by atoms with Crippen molar-refractivity contribution in [1.29, 1.82) is 0 Å². The summed E-state index contributed by atoms with van der Waals surface area (Å²) in [5.41, 5.74) is 4.20. The highest BCUT2D eigenvalue weighted by molar-refractivity contribution is 5.97. The number of anilines is 1. The van der Waals surface area contributed by atoms with Crippen molar-refractivity contribution in [1.82, 2.24) is 9.55 Å². The van der Waals surface area contributed by atoms with Gasteiger partial charge in [-0.1, -0.05) is 43.3 Å². The van der Waals surface area contributed by atoms with Gasteiger partial charge in [-0.3, -0.25) is 4.79 Å². The van der Waals surface area contributed by atoms with Crippen LogP contribution in [-0.2, 0) is 17.8 Å². The molecule has 0 saturated carbocycles. The van der Waals surface area contributed by atoms with Crippen LogP contribution in [0.15, 0.2) is 72.8 Å². The quantitative estimate of drug-likeness (QED) is 0.260. The van der Waals surface area contributed by atoms with Crippen molar-refractivity contribution >= 4 is 22.6 Å². The van der Waals surface area contributed by atoms with Gasteiger partial charge in [0.2, 0.25) is 5.91 Å². The van der Waals surface area contributed by atoms with Crippen molar-refractivity contribution in [3.63, 3.8) is 0 Å². The highest BCUT2D eigenvalue weighted by Gasteiger charge is 2.35. The maximum atomic E-state index is 13.1. The highest BCUT2D eigenvalue weighted by atomic mass is 16.5. The summed E-state index contributed by atoms with van der Waals surface area (Å²) >= 11 is 0. The van der Waals surface area contributed by atoms with E-state index in [4.69, 9.17) is 14.5 Å². The Morgan fingerprint density at radius 2 is 1.72 bits per heavy atom. The first-order valence-corrected chi connectivity index (χ1v) is 12.9. The van der Waals surface area contributed by atoms with Gasteiger partial charge in [-0.25, -0.2) is 4.98 Å². The maximum absolute atomic E-state index is 13.1. The van der Waals surface area contributed by atoms with Crippen LogP contribution in [0.2, 0.25) is 0 Å². The topological polar surface area (TPSA) is 56.6 Å². The van der Waals surface area contributed by atoms with Crippen LogP contribution < -0.4 is 14.4 Å². The minimum absolute atomic E-state index is 0.0158. The van der Waals surface area contributed by atoms with Gasteiger partial charge >= 0.3 is 0 Å². The molecular formula is C30H33N3O3. The van der Waals surface area contributed by atoms with Crippen LogP contribution in [0.3, 0.4) is 0 Å². The first-order valence-electron chi connectivity index (χ1n) is 12.9. The van der Waals surface area contributed by atoms with E-state index >= 15 is 0 Å². The lowest BCUT2D eigenvalue weighted by Crippen LogP contribution is -2.25. The smallest absolute Gasteiger partial charge is 0.227 e. The number of fused-ring (bicyclic) bond motifs is 1. The van der Waals surface area contributed by atoms with Gasteiger partial charge < -0.3 is 18.9 Å². The second kappa shape index (κ2) is 10.9. The highest BCUT2D eigenvalue weighted by Crippen LogP contribution is 2.37. The molecule has 1 aliphatic rings. The zero-order valence-corrected chi connectivity index (χ0v) is 21.0. The number of carbonyl (C=O) groups excluding carboxylic acids is 1. The van der Waals surface area contributed by atoms with E-state index in [1.807, 2.05) is 66.4 Å². The summed E-state index contributed by atoms with van der Waals surface area (Å²) in [6, 6.07) is 24.3. The summed E-state index contributed by atoms with van der Waals surface area (Å²) < 4.78 is 14.1. The summed E-state index contributed by atoms with van der Waals surface area (Å²) in [5.74, 6) is 2.72. The van der Waals surface area contributed by atoms with Crippen LogP contribution in [0, 0.1) is 0 Å². The van der Waals surface area contributed by atoms with Gasteiger partial charge in [-0.15, -0.1) is 0 Å². The third-order valence-electron chi connectivity index (χ3n) is 6.76. The molecule has 6 nitrogen and oxygen atoms in total. The van der Waals surface area contributed by atoms with E-state index in [1.165, 1.54) is 5.56 Å². The molecule has 6 heteroatoms. The van der Waals surface area contributed by atoms with Crippen molar-refractivity contribution in [3.05, 3.63) is 84.2 Å². The summed E-state index contributed by atoms with van der Waals surface area (Å²) in [7, 11) is 0. The van der Waals surface area contributed by atoms with Crippen LogP contribution in [-0.4, -0.2) is 35.2 Å². The predicted molar refractivity (Wildman–Crippen MR) is 143 cm³/mol. The monoisotopic (exact) mass is 483 g/mol. The van der Waals surface area contributed by atoms with E-state index in [2.05, 4.69) is 29.7 Å². The Morgan fingerprint density at radius 3 is 2.53 bits per heavy atom. The lowest BCUT2D eigenvalue weighted by Gasteiger charge is -2.20. The number of aryl methyl sites for hydroxylation is 2. The molecule has 1 fully saturated rings. The van der Waals surface area contributed by atoms with Crippen molar-refractivity contribution in [2.75, 3.05) is 24.7 Å². The molecule has 2 heterocycles. The summed E-state index contributed by atoms with van der Waals surface area (Å²) in [5, 5.41) is 0. The summed E-state index contributed by atoms with van der Waals surface area (Å²) in [6.07, 6.45) is 2.31. The van der Waals surface area contributed by atoms with E-state index in [0.29, 0.717) is 26.2 Å². The first-order chi connectivity index (χ1) is 17.7. The average Bonchev–Trinajstić information content (AvgIpc) is 3.48. The van der Waals surface area contributed by atoms with Crippen LogP contribution in [0.5, 0.6) is 11.5 Å². The van der Waals surface area contributed by atoms with E-state index in [0.717, 1.165) is 53.4 Å². The summed E-state index contributed by atoms with van der Waals surface area (Å²) in [6.45, 7) is 6.66. The number of para-hydroxylation sites is 4. The van der Waals surface area contributed by atoms with Gasteiger partial charge in [0.25, 0.3) is 0 Å². The van der Waals surface area contributed by atoms with Crippen molar-refractivity contribution in [2.24, 2.45) is 0 Å². The Morgan fingerprint density at radius 1 is 0.944 bits per heavy atom. The zero-order chi connectivity index (χ0) is 24.9. The number of benzene rings is 3. The molecule has 0 spiro atoms. The average molecular weight is 484 g/mol. The normalized spacial score (nSPS) is 15.6. The Hall–Kier alpha value is -3.80. The van der Waals surface area contributed by atoms with Gasteiger partial charge in [0.05, 0.1) is 29.9 Å². The van der Waals surface area contributed by atoms with Crippen molar-refractivity contribution in [3.8, 4) is 11.5 Å². The van der Waals surface area contributed by atoms with E-state index in [1.54, 1.807) is 0 Å². The molecule has 0 aliphatic carbocycles. The fraction of sp³-hybridized carbons (Fsp3) is 0.333. The molecule has 0 radical (unpaired) electrons. The molecule has 1 amide bonds. The molecule has 186 valence electrons. The zero-order valence-electron chi connectivity index (χ0n) is 21.0. The molecule has 0 unspecified atom stereocenters. The van der Waals surface area contributed by atoms with E-state index in [9.17, 15) is 4.79 Å². The van der Waals surface area contributed by atoms with Gasteiger partial charge in [0, 0.05) is 25.4 Å². The maximum Gasteiger partial charge on any atom is 0.227 e. The number of imidazole rings is 1. The Kier molecular flexibility index (Phi) is 7.21. The minimum Gasteiger partial charge on any atom is -0.494 e. The third-order valence-corrected chi connectivity index (χ3v) is 6.76. The van der Waals surface area contributed by atoms with Crippen LogP contribution in [0.1, 0.15) is 44.0 Å². The number of amides is 1. The molecule has 1 aromatic heterocycles. The molecular weight excluding hydrogens is 450 g/mol. The predicted octanol–water partition coefficient (Wildman–Crippen LogP) is 5.99. The molecule has 1 aliphatic heterocycles. The lowest BCUT2D eigenvalue weighted by atomic mass is 10.1. The van der Waals surface area contributed by atoms with Crippen LogP contribution in [0.4, 0.5) is 5.69 Å². The molecule has 1 atom stereocenters. The Balaban J connectivity index is 1.33. The van der Waals surface area contributed by atoms with Gasteiger partial charge in [-0.05, 0) is 61.7 Å². The van der Waals surface area contributed by atoms with Crippen molar-refractivity contribution in [2.45, 2.75) is 45.6 Å². The third kappa shape index (κ3) is 4.94. The largest absolute Gasteiger partial charge is 0.494 e. The summed E-state index contributed by atoms with van der Waals surface area (Å²) in [4.78, 5) is 20.0. The molecule has 36 heavy (non-hydrogen) atoms. The number of carbonyl (C=O) groups is 1. The van der Waals surface area contributed by atoms with Crippen LogP contribution >= 0.6 is 0 Å². The Bertz CT molecular complexity index is 1330. The second-order valence-corrected chi connectivity index (χ2v) is 9.12. The molecule has 3 aromatic carbocycles. The molecule has 0 bridgehead atoms. The van der Waals surface area contributed by atoms with E-state index < -0.39 is 0 Å². The molecule has 0 N–H and O–H groups in total. The minimum atomic E-state index is 0.0158. The second-order valence-electron chi connectivity index (χ2n) is 9.12. The van der Waals surface area contributed by atoms with Crippen molar-refractivity contribution < 1.29 is 14.3 Å². The molecule has 5 rings (SSSR count). The fourth-order valence-electron chi connectivity index (χ4n) is 4.95. The SMILES string of the molecule is CCOc1ccccc1N1C[C@@H](c2nc3ccccc3n2CCCOc2ccc(CC)cc2)CC1=O. The number of nitrogens with zero attached hydrogens (tertiary/aromatic N) is 3. The number of hydrogen-bond acceptors (Lipinski definition) is 4. The Labute approximate surface area is 212 Å². The molecule has 1 saturated heterocycles. The van der Waals surface area contributed by atoms with E-state index in [-0.39, 0.29) is 11.8 Å². The number of aromatic nitrogens is 2. The van der Waals surface area contributed by atoms with Gasteiger partial charge in [-0.2, -0.15) is 0 Å². The lowest BCUT2D eigenvalue weighted by molar-refractivity contribution is -0.117.